The number of carbonyl (C=O) groups excluding carboxylic acids is 1. The van der Waals surface area contributed by atoms with E-state index in [0.717, 1.165) is 38.0 Å². The predicted molar refractivity (Wildman–Crippen MR) is 100 cm³/mol. The van der Waals surface area contributed by atoms with Crippen molar-refractivity contribution in [2.24, 2.45) is 0 Å². The van der Waals surface area contributed by atoms with Crippen molar-refractivity contribution in [2.45, 2.75) is 38.4 Å². The van der Waals surface area contributed by atoms with E-state index in [-0.39, 0.29) is 30.7 Å². The van der Waals surface area contributed by atoms with Crippen LogP contribution in [0.15, 0.2) is 46.1 Å². The maximum absolute atomic E-state index is 12.1. The van der Waals surface area contributed by atoms with Crippen LogP contribution in [0.25, 0.3) is 0 Å². The van der Waals surface area contributed by atoms with Gasteiger partial charge in [-0.3, -0.25) is 19.5 Å². The van der Waals surface area contributed by atoms with Gasteiger partial charge in [0.05, 0.1) is 0 Å². The number of aryl methyl sites for hydroxylation is 1. The van der Waals surface area contributed by atoms with E-state index in [2.05, 4.69) is 15.2 Å². The number of carbonyl (C=O) groups is 1. The number of amides is 1. The van der Waals surface area contributed by atoms with Crippen molar-refractivity contribution >= 4 is 5.91 Å². The number of hydrogen-bond acceptors (Lipinski definition) is 5. The number of phenols is 1. The molecule has 0 unspecified atom stereocenters. The number of rotatable bonds is 6. The number of nitrogens with zero attached hydrogens (tertiary/aromatic N) is 2. The Labute approximate surface area is 156 Å². The van der Waals surface area contributed by atoms with Gasteiger partial charge in [-0.05, 0) is 30.5 Å². The van der Waals surface area contributed by atoms with Gasteiger partial charge in [0.1, 0.15) is 5.75 Å². The Morgan fingerprint density at radius 3 is 2.70 bits per heavy atom. The second kappa shape index (κ2) is 8.68. The SMILES string of the molecule is O=C(CCn1ccc(=O)[nH]c1=O)NC1CCN(Cc2cccc(O)c2)CC1. The molecule has 3 rings (SSSR count). The molecule has 2 heterocycles. The fourth-order valence-corrected chi connectivity index (χ4v) is 3.29. The molecule has 27 heavy (non-hydrogen) atoms. The number of benzene rings is 1. The number of hydrogen-bond donors (Lipinski definition) is 3. The molecule has 1 fully saturated rings. The summed E-state index contributed by atoms with van der Waals surface area (Å²) in [5, 5.41) is 12.6. The summed E-state index contributed by atoms with van der Waals surface area (Å²) in [4.78, 5) is 39.2. The largest absolute Gasteiger partial charge is 0.508 e. The van der Waals surface area contributed by atoms with E-state index in [1.54, 1.807) is 12.1 Å². The van der Waals surface area contributed by atoms with Crippen LogP contribution in [0.1, 0.15) is 24.8 Å². The second-order valence-electron chi connectivity index (χ2n) is 6.84. The summed E-state index contributed by atoms with van der Waals surface area (Å²) in [6, 6.07) is 8.66. The molecule has 2 aromatic rings. The maximum atomic E-state index is 12.1. The fraction of sp³-hybridized carbons (Fsp3) is 0.421. The zero-order chi connectivity index (χ0) is 19.2. The van der Waals surface area contributed by atoms with Crippen LogP contribution in [0, 0.1) is 0 Å². The van der Waals surface area contributed by atoms with Crippen molar-refractivity contribution in [3.63, 3.8) is 0 Å². The first-order valence-electron chi connectivity index (χ1n) is 9.09. The van der Waals surface area contributed by atoms with E-state index < -0.39 is 11.2 Å². The number of piperidine rings is 1. The Bertz CT molecular complexity index is 897. The van der Waals surface area contributed by atoms with Crippen LogP contribution in [0.4, 0.5) is 0 Å². The fourth-order valence-electron chi connectivity index (χ4n) is 3.29. The number of likely N-dealkylation sites (tertiary alicyclic amines) is 1. The van der Waals surface area contributed by atoms with E-state index in [9.17, 15) is 19.5 Å². The molecule has 3 N–H and O–H groups in total. The molecular weight excluding hydrogens is 348 g/mol. The van der Waals surface area contributed by atoms with E-state index in [1.165, 1.54) is 16.8 Å². The lowest BCUT2D eigenvalue weighted by atomic mass is 10.0. The number of aromatic hydroxyl groups is 1. The summed E-state index contributed by atoms with van der Waals surface area (Å²) in [7, 11) is 0. The number of aromatic amines is 1. The summed E-state index contributed by atoms with van der Waals surface area (Å²) in [5.74, 6) is 0.177. The highest BCUT2D eigenvalue weighted by Crippen LogP contribution is 2.17. The van der Waals surface area contributed by atoms with Crippen molar-refractivity contribution < 1.29 is 9.90 Å². The molecule has 1 aliphatic heterocycles. The second-order valence-corrected chi connectivity index (χ2v) is 6.84. The van der Waals surface area contributed by atoms with Gasteiger partial charge in [0, 0.05) is 50.9 Å². The highest BCUT2D eigenvalue weighted by Gasteiger charge is 2.20. The molecule has 1 aromatic heterocycles. The Hall–Kier alpha value is -2.87. The third kappa shape index (κ3) is 5.55. The van der Waals surface area contributed by atoms with E-state index in [0.29, 0.717) is 0 Å². The van der Waals surface area contributed by atoms with Crippen molar-refractivity contribution in [3.8, 4) is 5.75 Å². The molecule has 0 bridgehead atoms. The lowest BCUT2D eigenvalue weighted by Gasteiger charge is -2.32. The standard InChI is InChI=1S/C19H24N4O4/c24-16-3-1-2-14(12-16)13-22-8-4-15(5-9-22)20-17(25)6-10-23-11-7-18(26)21-19(23)27/h1-3,7,11-12,15,24H,4-6,8-10,13H2,(H,20,25)(H,21,26,27). The Morgan fingerprint density at radius 2 is 2.00 bits per heavy atom. The lowest BCUT2D eigenvalue weighted by Crippen LogP contribution is -2.44. The summed E-state index contributed by atoms with van der Waals surface area (Å²) in [6.45, 7) is 2.77. The molecule has 0 spiro atoms. The van der Waals surface area contributed by atoms with Crippen molar-refractivity contribution in [1.29, 1.82) is 0 Å². The Morgan fingerprint density at radius 1 is 1.22 bits per heavy atom. The summed E-state index contributed by atoms with van der Waals surface area (Å²) in [5.41, 5.74) is 0.123. The minimum Gasteiger partial charge on any atom is -0.508 e. The van der Waals surface area contributed by atoms with Crippen molar-refractivity contribution in [1.82, 2.24) is 19.8 Å². The average molecular weight is 372 g/mol. The number of phenolic OH excluding ortho intramolecular Hbond substituents is 1. The van der Waals surface area contributed by atoms with Gasteiger partial charge in [-0.25, -0.2) is 4.79 Å². The third-order valence-electron chi connectivity index (χ3n) is 4.75. The highest BCUT2D eigenvalue weighted by atomic mass is 16.3. The molecule has 8 nitrogen and oxygen atoms in total. The monoisotopic (exact) mass is 372 g/mol. The number of H-pyrrole nitrogens is 1. The van der Waals surface area contributed by atoms with E-state index in [1.807, 2.05) is 12.1 Å². The molecule has 1 aliphatic rings. The van der Waals surface area contributed by atoms with Crippen LogP contribution in [0.5, 0.6) is 5.75 Å². The van der Waals surface area contributed by atoms with Gasteiger partial charge in [0.15, 0.2) is 0 Å². The van der Waals surface area contributed by atoms with Gasteiger partial charge >= 0.3 is 5.69 Å². The molecule has 0 atom stereocenters. The average Bonchev–Trinajstić information content (AvgIpc) is 2.63. The van der Waals surface area contributed by atoms with Crippen molar-refractivity contribution in [3.05, 3.63) is 62.9 Å². The first kappa shape index (κ1) is 18.9. The zero-order valence-electron chi connectivity index (χ0n) is 15.1. The smallest absolute Gasteiger partial charge is 0.328 e. The van der Waals surface area contributed by atoms with E-state index in [4.69, 9.17) is 0 Å². The Kier molecular flexibility index (Phi) is 6.08. The van der Waals surface area contributed by atoms with Crippen LogP contribution in [0.3, 0.4) is 0 Å². The van der Waals surface area contributed by atoms with Gasteiger partial charge in [0.2, 0.25) is 5.91 Å². The number of aromatic nitrogens is 2. The van der Waals surface area contributed by atoms with Gasteiger partial charge in [-0.15, -0.1) is 0 Å². The highest BCUT2D eigenvalue weighted by molar-refractivity contribution is 5.76. The van der Waals surface area contributed by atoms with Gasteiger partial charge < -0.3 is 15.0 Å². The van der Waals surface area contributed by atoms with Crippen LogP contribution in [-0.4, -0.2) is 44.6 Å². The van der Waals surface area contributed by atoms with Crippen LogP contribution >= 0.6 is 0 Å². The van der Waals surface area contributed by atoms with Crippen molar-refractivity contribution in [2.75, 3.05) is 13.1 Å². The van der Waals surface area contributed by atoms with E-state index >= 15 is 0 Å². The molecule has 1 aromatic carbocycles. The van der Waals surface area contributed by atoms with Crippen LogP contribution < -0.4 is 16.6 Å². The van der Waals surface area contributed by atoms with Crippen LogP contribution in [-0.2, 0) is 17.9 Å². The maximum Gasteiger partial charge on any atom is 0.328 e. The number of nitrogens with one attached hydrogen (secondary N) is 2. The molecule has 0 saturated carbocycles. The third-order valence-corrected chi connectivity index (χ3v) is 4.75. The minimum absolute atomic E-state index is 0.0977. The summed E-state index contributed by atoms with van der Waals surface area (Å²) >= 11 is 0. The normalized spacial score (nSPS) is 15.6. The first-order valence-corrected chi connectivity index (χ1v) is 9.09. The van der Waals surface area contributed by atoms with Gasteiger partial charge in [0.25, 0.3) is 5.56 Å². The van der Waals surface area contributed by atoms with Gasteiger partial charge in [-0.1, -0.05) is 12.1 Å². The molecule has 0 aliphatic carbocycles. The molecule has 1 amide bonds. The molecule has 0 radical (unpaired) electrons. The summed E-state index contributed by atoms with van der Waals surface area (Å²) in [6.07, 6.45) is 3.32. The summed E-state index contributed by atoms with van der Waals surface area (Å²) < 4.78 is 1.32. The molecule has 8 heteroatoms. The molecule has 1 saturated heterocycles. The quantitative estimate of drug-likeness (QED) is 0.681. The minimum atomic E-state index is -0.504. The topological polar surface area (TPSA) is 107 Å². The molecular formula is C19H24N4O4. The lowest BCUT2D eigenvalue weighted by molar-refractivity contribution is -0.122. The van der Waals surface area contributed by atoms with Gasteiger partial charge in [-0.2, -0.15) is 0 Å². The Balaban J connectivity index is 1.41. The first-order chi connectivity index (χ1) is 13.0. The van der Waals surface area contributed by atoms with Crippen LogP contribution in [0.2, 0.25) is 0 Å². The molecule has 144 valence electrons. The predicted octanol–water partition coefficient (Wildman–Crippen LogP) is 0.413. The zero-order valence-corrected chi connectivity index (χ0v) is 15.1.